The highest BCUT2D eigenvalue weighted by Gasteiger charge is 2.23. The normalized spacial score (nSPS) is 12.9. The van der Waals surface area contributed by atoms with Gasteiger partial charge in [0.15, 0.2) is 0 Å². The number of rotatable bonds is 5. The van der Waals surface area contributed by atoms with E-state index in [1.807, 2.05) is 38.1 Å². The molecule has 3 N–H and O–H groups in total. The van der Waals surface area contributed by atoms with Crippen molar-refractivity contribution in [2.24, 2.45) is 5.73 Å². The Bertz CT molecular complexity index is 393. The first-order valence-corrected chi connectivity index (χ1v) is 6.17. The molecular formula is C14H22N2O2. The van der Waals surface area contributed by atoms with E-state index in [-0.39, 0.29) is 11.9 Å². The summed E-state index contributed by atoms with van der Waals surface area (Å²) in [7, 11) is 0. The molecular weight excluding hydrogens is 228 g/mol. The van der Waals surface area contributed by atoms with Crippen molar-refractivity contribution in [3.05, 3.63) is 29.8 Å². The molecule has 0 bridgehead atoms. The number of amides is 1. The topological polar surface area (TPSA) is 64.3 Å². The number of hydrogen-bond donors (Lipinski definition) is 2. The standard InChI is InChI=1S/C14H22N2O2/c1-5-18-12-8-6-11(7-9-12)10(2)16-13(17)14(3,4)15/h6-10H,5,15H2,1-4H3,(H,16,17). The smallest absolute Gasteiger partial charge is 0.239 e. The molecule has 0 saturated heterocycles. The summed E-state index contributed by atoms with van der Waals surface area (Å²) in [6, 6.07) is 7.61. The van der Waals surface area contributed by atoms with Crippen LogP contribution in [-0.4, -0.2) is 18.1 Å². The van der Waals surface area contributed by atoms with E-state index in [0.717, 1.165) is 11.3 Å². The highest BCUT2D eigenvalue weighted by Crippen LogP contribution is 2.18. The maximum atomic E-state index is 11.8. The summed E-state index contributed by atoms with van der Waals surface area (Å²) in [6.07, 6.45) is 0. The van der Waals surface area contributed by atoms with Crippen LogP contribution in [-0.2, 0) is 4.79 Å². The van der Waals surface area contributed by atoms with Crippen LogP contribution in [0, 0.1) is 0 Å². The van der Waals surface area contributed by atoms with E-state index in [4.69, 9.17) is 10.5 Å². The predicted molar refractivity (Wildman–Crippen MR) is 72.4 cm³/mol. The monoisotopic (exact) mass is 250 g/mol. The van der Waals surface area contributed by atoms with Crippen LogP contribution < -0.4 is 15.8 Å². The average molecular weight is 250 g/mol. The number of benzene rings is 1. The molecule has 1 atom stereocenters. The van der Waals surface area contributed by atoms with E-state index in [2.05, 4.69) is 5.32 Å². The van der Waals surface area contributed by atoms with Crippen LogP contribution in [0.3, 0.4) is 0 Å². The summed E-state index contributed by atoms with van der Waals surface area (Å²) >= 11 is 0. The lowest BCUT2D eigenvalue weighted by molar-refractivity contribution is -0.125. The fourth-order valence-corrected chi connectivity index (χ4v) is 1.49. The van der Waals surface area contributed by atoms with Crippen molar-refractivity contribution in [1.29, 1.82) is 0 Å². The summed E-state index contributed by atoms with van der Waals surface area (Å²) in [5.41, 5.74) is 5.90. The van der Waals surface area contributed by atoms with Gasteiger partial charge in [-0.05, 0) is 45.4 Å². The van der Waals surface area contributed by atoms with Crippen molar-refractivity contribution in [2.45, 2.75) is 39.3 Å². The first-order chi connectivity index (χ1) is 8.34. The summed E-state index contributed by atoms with van der Waals surface area (Å²) in [5, 5.41) is 2.88. The zero-order valence-corrected chi connectivity index (χ0v) is 11.5. The van der Waals surface area contributed by atoms with Crippen LogP contribution in [0.1, 0.15) is 39.3 Å². The zero-order chi connectivity index (χ0) is 13.8. The third-order valence-electron chi connectivity index (χ3n) is 2.62. The molecule has 4 heteroatoms. The Balaban J connectivity index is 2.67. The van der Waals surface area contributed by atoms with Gasteiger partial charge >= 0.3 is 0 Å². The molecule has 1 aromatic carbocycles. The molecule has 1 unspecified atom stereocenters. The molecule has 1 amide bonds. The van der Waals surface area contributed by atoms with Crippen LogP contribution in [0.2, 0.25) is 0 Å². The molecule has 18 heavy (non-hydrogen) atoms. The van der Waals surface area contributed by atoms with Crippen molar-refractivity contribution in [3.8, 4) is 5.75 Å². The lowest BCUT2D eigenvalue weighted by Crippen LogP contribution is -2.49. The zero-order valence-electron chi connectivity index (χ0n) is 11.5. The number of nitrogens with one attached hydrogen (secondary N) is 1. The number of ether oxygens (including phenoxy) is 1. The Morgan fingerprint density at radius 3 is 2.39 bits per heavy atom. The summed E-state index contributed by atoms with van der Waals surface area (Å²) < 4.78 is 5.37. The molecule has 4 nitrogen and oxygen atoms in total. The van der Waals surface area contributed by atoms with Crippen LogP contribution in [0.4, 0.5) is 0 Å². The SMILES string of the molecule is CCOc1ccc(C(C)NC(=O)C(C)(C)N)cc1. The number of nitrogens with two attached hydrogens (primary N) is 1. The van der Waals surface area contributed by atoms with Gasteiger partial charge in [0.2, 0.25) is 5.91 Å². The van der Waals surface area contributed by atoms with Gasteiger partial charge in [0.05, 0.1) is 18.2 Å². The highest BCUT2D eigenvalue weighted by atomic mass is 16.5. The molecule has 100 valence electrons. The van der Waals surface area contributed by atoms with Crippen molar-refractivity contribution in [3.63, 3.8) is 0 Å². The van der Waals surface area contributed by atoms with E-state index >= 15 is 0 Å². The lowest BCUT2D eigenvalue weighted by Gasteiger charge is -2.22. The molecule has 0 radical (unpaired) electrons. The molecule has 0 fully saturated rings. The number of carbonyl (C=O) groups is 1. The van der Waals surface area contributed by atoms with Gasteiger partial charge in [-0.3, -0.25) is 4.79 Å². The van der Waals surface area contributed by atoms with Crippen molar-refractivity contribution < 1.29 is 9.53 Å². The van der Waals surface area contributed by atoms with Gasteiger partial charge in [0.1, 0.15) is 5.75 Å². The van der Waals surface area contributed by atoms with E-state index in [1.165, 1.54) is 0 Å². The average Bonchev–Trinajstić information content (AvgIpc) is 2.29. The van der Waals surface area contributed by atoms with Gasteiger partial charge in [-0.15, -0.1) is 0 Å². The van der Waals surface area contributed by atoms with Crippen molar-refractivity contribution in [1.82, 2.24) is 5.32 Å². The van der Waals surface area contributed by atoms with E-state index in [9.17, 15) is 4.79 Å². The number of carbonyl (C=O) groups excluding carboxylic acids is 1. The van der Waals surface area contributed by atoms with Gasteiger partial charge in [0.25, 0.3) is 0 Å². The summed E-state index contributed by atoms with van der Waals surface area (Å²) in [5.74, 6) is 0.669. The Morgan fingerprint density at radius 2 is 1.94 bits per heavy atom. The van der Waals surface area contributed by atoms with E-state index in [1.54, 1.807) is 13.8 Å². The summed E-state index contributed by atoms with van der Waals surface area (Å²) in [4.78, 5) is 11.8. The van der Waals surface area contributed by atoms with Crippen LogP contribution in [0.15, 0.2) is 24.3 Å². The molecule has 1 rings (SSSR count). The minimum absolute atomic E-state index is 0.0731. The molecule has 0 heterocycles. The largest absolute Gasteiger partial charge is 0.494 e. The van der Waals surface area contributed by atoms with Gasteiger partial charge in [-0.2, -0.15) is 0 Å². The van der Waals surface area contributed by atoms with E-state index in [0.29, 0.717) is 6.61 Å². The Labute approximate surface area is 109 Å². The van der Waals surface area contributed by atoms with Gasteiger partial charge in [0, 0.05) is 0 Å². The fourth-order valence-electron chi connectivity index (χ4n) is 1.49. The Morgan fingerprint density at radius 1 is 1.39 bits per heavy atom. The highest BCUT2D eigenvalue weighted by molar-refractivity contribution is 5.85. The van der Waals surface area contributed by atoms with Crippen LogP contribution in [0.5, 0.6) is 5.75 Å². The molecule has 0 aliphatic carbocycles. The molecule has 0 aliphatic rings. The van der Waals surface area contributed by atoms with Gasteiger partial charge in [-0.1, -0.05) is 12.1 Å². The number of hydrogen-bond acceptors (Lipinski definition) is 3. The third-order valence-corrected chi connectivity index (χ3v) is 2.62. The van der Waals surface area contributed by atoms with Gasteiger partial charge < -0.3 is 15.8 Å². The lowest BCUT2D eigenvalue weighted by atomic mass is 10.0. The first-order valence-electron chi connectivity index (χ1n) is 6.17. The summed E-state index contributed by atoms with van der Waals surface area (Å²) in [6.45, 7) is 7.90. The Kier molecular flexibility index (Phi) is 4.73. The quantitative estimate of drug-likeness (QED) is 0.840. The minimum Gasteiger partial charge on any atom is -0.494 e. The molecule has 1 aromatic rings. The first kappa shape index (κ1) is 14.5. The van der Waals surface area contributed by atoms with Crippen LogP contribution in [0.25, 0.3) is 0 Å². The minimum atomic E-state index is -0.862. The second-order valence-corrected chi connectivity index (χ2v) is 4.92. The van der Waals surface area contributed by atoms with Gasteiger partial charge in [-0.25, -0.2) is 0 Å². The molecule has 0 aliphatic heterocycles. The third kappa shape index (κ3) is 4.04. The van der Waals surface area contributed by atoms with Crippen molar-refractivity contribution in [2.75, 3.05) is 6.61 Å². The maximum absolute atomic E-state index is 11.8. The second kappa shape index (κ2) is 5.87. The van der Waals surface area contributed by atoms with Crippen LogP contribution >= 0.6 is 0 Å². The maximum Gasteiger partial charge on any atom is 0.239 e. The molecule has 0 aromatic heterocycles. The fraction of sp³-hybridized carbons (Fsp3) is 0.500. The van der Waals surface area contributed by atoms with Crippen molar-refractivity contribution >= 4 is 5.91 Å². The molecule has 0 saturated carbocycles. The Hall–Kier alpha value is -1.55. The predicted octanol–water partition coefficient (Wildman–Crippen LogP) is 2.00. The molecule has 0 spiro atoms. The second-order valence-electron chi connectivity index (χ2n) is 4.92. The van der Waals surface area contributed by atoms with E-state index < -0.39 is 5.54 Å².